The number of unbranched alkanes of at least 4 members (excludes halogenated alkanes) is 1. The third-order valence-electron chi connectivity index (χ3n) is 12.5. The molecule has 59 heavy (non-hydrogen) atoms. The lowest BCUT2D eigenvalue weighted by Crippen LogP contribution is -2.62. The highest BCUT2D eigenvalue weighted by atomic mass is 32.1. The number of rotatable bonds is 11. The van der Waals surface area contributed by atoms with Gasteiger partial charge in [-0.15, -0.1) is 16.4 Å². The normalized spacial score (nSPS) is 35.2. The SMILES string of the molecule is CC[C@H]1OC(=O)[C@H](C)C(=O)C[C@@H](O[C@@H]2OC(C)CC(N(C)C)C2O)[C@](C)(OC)C[C@@H](C)CN(C(C)=O)[C@H](C)[C@H]2N(CCCCn3cc(-c4nccs4)nn3)C(=O)O[C@]12C. The molecule has 0 aromatic carbocycles. The number of cyclic esters (lactones) is 1. The van der Waals surface area contributed by atoms with Crippen molar-refractivity contribution < 1.29 is 48.0 Å². The number of likely N-dealkylation sites (N-methyl/N-ethyl adjacent to an activating group) is 1. The summed E-state index contributed by atoms with van der Waals surface area (Å²) in [5.74, 6) is -2.84. The lowest BCUT2D eigenvalue weighted by Gasteiger charge is -2.46. The van der Waals surface area contributed by atoms with E-state index in [0.29, 0.717) is 44.5 Å². The van der Waals surface area contributed by atoms with Gasteiger partial charge in [0.2, 0.25) is 5.91 Å². The van der Waals surface area contributed by atoms with Gasteiger partial charge in [0.15, 0.2) is 11.9 Å². The number of ether oxygens (including phenoxy) is 5. The number of fused-ring (bicyclic) bond motifs is 1. The monoisotopic (exact) mass is 847 g/mol. The van der Waals surface area contributed by atoms with Gasteiger partial charge in [-0.3, -0.25) is 24.0 Å². The van der Waals surface area contributed by atoms with Crippen LogP contribution in [-0.4, -0.2) is 158 Å². The number of methoxy groups -OCH3 is 1. The van der Waals surface area contributed by atoms with Crippen molar-refractivity contribution in [1.29, 1.82) is 0 Å². The van der Waals surface area contributed by atoms with Crippen LogP contribution in [0.15, 0.2) is 17.8 Å². The Labute approximate surface area is 352 Å². The summed E-state index contributed by atoms with van der Waals surface area (Å²) in [6.45, 7) is 15.3. The number of hydrogen-bond donors (Lipinski definition) is 1. The molecule has 3 fully saturated rings. The molecule has 3 unspecified atom stereocenters. The number of thiazole rings is 1. The zero-order valence-electron chi connectivity index (χ0n) is 36.5. The highest BCUT2D eigenvalue weighted by molar-refractivity contribution is 7.13. The van der Waals surface area contributed by atoms with Gasteiger partial charge in [0.25, 0.3) is 0 Å². The molecule has 0 spiro atoms. The molecule has 12 atom stereocenters. The number of nitrogens with zero attached hydrogens (tertiary/aromatic N) is 7. The molecule has 3 aliphatic rings. The second-order valence-electron chi connectivity index (χ2n) is 17.3. The average Bonchev–Trinajstić information content (AvgIpc) is 3.94. The molecule has 5 heterocycles. The number of carbonyl (C=O) groups excluding carboxylic acids is 4. The van der Waals surface area contributed by atoms with E-state index in [1.54, 1.807) is 27.6 Å². The van der Waals surface area contributed by atoms with Crippen molar-refractivity contribution in [3.8, 4) is 10.7 Å². The predicted octanol–water partition coefficient (Wildman–Crippen LogP) is 4.17. The molecule has 18 heteroatoms. The van der Waals surface area contributed by atoms with Crippen LogP contribution < -0.4 is 0 Å². The largest absolute Gasteiger partial charge is 0.458 e. The lowest BCUT2D eigenvalue weighted by molar-refractivity contribution is -0.289. The van der Waals surface area contributed by atoms with Crippen LogP contribution in [0.5, 0.6) is 0 Å². The molecule has 0 aliphatic carbocycles. The van der Waals surface area contributed by atoms with Gasteiger partial charge in [-0.25, -0.2) is 9.78 Å². The number of Topliss-reactive ketones (excluding diaryl/α,β-unsaturated/α-hetero) is 1. The number of ketones is 1. The number of aliphatic hydroxyl groups excluding tert-OH is 1. The van der Waals surface area contributed by atoms with E-state index in [4.69, 9.17) is 23.7 Å². The maximum Gasteiger partial charge on any atom is 0.410 e. The van der Waals surface area contributed by atoms with Gasteiger partial charge in [0.05, 0.1) is 36.1 Å². The number of hydrogen-bond acceptors (Lipinski definition) is 15. The summed E-state index contributed by atoms with van der Waals surface area (Å²) in [4.78, 5) is 65.3. The smallest absolute Gasteiger partial charge is 0.410 e. The summed E-state index contributed by atoms with van der Waals surface area (Å²) in [6, 6.07) is -1.56. The zero-order chi connectivity index (χ0) is 43.4. The third kappa shape index (κ3) is 10.3. The summed E-state index contributed by atoms with van der Waals surface area (Å²) in [5, 5.41) is 22.5. The average molecular weight is 848 g/mol. The van der Waals surface area contributed by atoms with Crippen molar-refractivity contribution in [2.24, 2.45) is 11.8 Å². The van der Waals surface area contributed by atoms with Crippen molar-refractivity contribution >= 4 is 35.1 Å². The fourth-order valence-electron chi connectivity index (χ4n) is 9.12. The van der Waals surface area contributed by atoms with Gasteiger partial charge in [-0.2, -0.15) is 0 Å². The summed E-state index contributed by atoms with van der Waals surface area (Å²) in [6.07, 6.45) is 0.943. The van der Waals surface area contributed by atoms with Gasteiger partial charge >= 0.3 is 12.1 Å². The van der Waals surface area contributed by atoms with Crippen LogP contribution in [0.3, 0.4) is 0 Å². The van der Waals surface area contributed by atoms with E-state index >= 15 is 0 Å². The van der Waals surface area contributed by atoms with Gasteiger partial charge in [-0.1, -0.05) is 19.1 Å². The molecule has 1 N–H and O–H groups in total. The Morgan fingerprint density at radius 3 is 2.46 bits per heavy atom. The molecule has 17 nitrogen and oxygen atoms in total. The molecule has 3 aliphatic heterocycles. The second kappa shape index (κ2) is 19.4. The minimum atomic E-state index is -1.38. The first-order valence-electron chi connectivity index (χ1n) is 20.8. The Kier molecular flexibility index (Phi) is 15.3. The van der Waals surface area contributed by atoms with Gasteiger partial charge in [0.1, 0.15) is 34.6 Å². The van der Waals surface area contributed by atoms with Crippen LogP contribution in [0.4, 0.5) is 4.79 Å². The van der Waals surface area contributed by atoms with Crippen LogP contribution >= 0.6 is 11.3 Å². The Hall–Kier alpha value is -3.55. The molecule has 2 aromatic rings. The van der Waals surface area contributed by atoms with Crippen molar-refractivity contribution in [1.82, 2.24) is 34.7 Å². The number of aromatic nitrogens is 4. The summed E-state index contributed by atoms with van der Waals surface area (Å²) >= 11 is 1.48. The Morgan fingerprint density at radius 2 is 1.83 bits per heavy atom. The van der Waals surface area contributed by atoms with Crippen LogP contribution in [0.2, 0.25) is 0 Å². The van der Waals surface area contributed by atoms with Crippen LogP contribution in [0.25, 0.3) is 10.7 Å². The molecule has 2 amide bonds. The highest BCUT2D eigenvalue weighted by Gasteiger charge is 2.59. The molecular weight excluding hydrogens is 783 g/mol. The number of carbonyl (C=O) groups is 4. The van der Waals surface area contributed by atoms with Crippen LogP contribution in [0, 0.1) is 11.8 Å². The zero-order valence-corrected chi connectivity index (χ0v) is 37.3. The maximum absolute atomic E-state index is 14.1. The third-order valence-corrected chi connectivity index (χ3v) is 13.3. The molecular formula is C41H65N7O10S. The van der Waals surface area contributed by atoms with Gasteiger partial charge < -0.3 is 38.6 Å². The van der Waals surface area contributed by atoms with Gasteiger partial charge in [0, 0.05) is 57.7 Å². The predicted molar refractivity (Wildman–Crippen MR) is 218 cm³/mol. The maximum atomic E-state index is 14.1. The van der Waals surface area contributed by atoms with Crippen LogP contribution in [-0.2, 0) is 44.6 Å². The summed E-state index contributed by atoms with van der Waals surface area (Å²) in [7, 11) is 5.30. The Balaban J connectivity index is 1.44. The first-order valence-corrected chi connectivity index (χ1v) is 21.7. The number of aliphatic hydroxyl groups is 1. The molecule has 330 valence electrons. The first-order chi connectivity index (χ1) is 27.8. The topological polar surface area (TPSA) is 188 Å². The minimum absolute atomic E-state index is 0.208. The summed E-state index contributed by atoms with van der Waals surface area (Å²) < 4.78 is 33.0. The van der Waals surface area contributed by atoms with Crippen molar-refractivity contribution in [3.05, 3.63) is 17.8 Å². The Bertz CT molecular complexity index is 1750. The number of esters is 1. The minimum Gasteiger partial charge on any atom is -0.458 e. The van der Waals surface area contributed by atoms with E-state index < -0.39 is 71.7 Å². The van der Waals surface area contributed by atoms with Crippen molar-refractivity contribution in [3.63, 3.8) is 0 Å². The van der Waals surface area contributed by atoms with Crippen molar-refractivity contribution in [2.75, 3.05) is 34.3 Å². The van der Waals surface area contributed by atoms with E-state index in [0.717, 1.165) is 5.01 Å². The summed E-state index contributed by atoms with van der Waals surface area (Å²) in [5.41, 5.74) is -1.82. The van der Waals surface area contributed by atoms with Crippen molar-refractivity contribution in [2.45, 2.75) is 160 Å². The fraction of sp³-hybridized carbons (Fsp3) is 0.780. The molecule has 0 saturated carbocycles. The number of aryl methyl sites for hydroxylation is 1. The number of amides is 2. The van der Waals surface area contributed by atoms with E-state index in [-0.39, 0.29) is 43.4 Å². The second-order valence-corrected chi connectivity index (χ2v) is 18.2. The van der Waals surface area contributed by atoms with E-state index in [1.165, 1.54) is 32.3 Å². The van der Waals surface area contributed by atoms with Gasteiger partial charge in [-0.05, 0) is 86.7 Å². The first kappa shape index (κ1) is 46.5. The van der Waals surface area contributed by atoms with E-state index in [1.807, 2.05) is 65.2 Å². The highest BCUT2D eigenvalue weighted by Crippen LogP contribution is 2.41. The van der Waals surface area contributed by atoms with Crippen LogP contribution in [0.1, 0.15) is 93.9 Å². The standard InChI is InChI=1S/C41H65N7O10S/c1-12-32-41(8)35(47(39(53)58-41)17-14-13-16-46-23-29(43-44-46)36-42-15-18-59-36)27(5)48(28(6)49)22-24(2)21-40(7,54-11)33(20-31(50)26(4)37(52)56-32)57-38-34(51)30(45(9)10)19-25(3)55-38/h15,18,23-27,30,32-35,38,51H,12-14,16-17,19-22H2,1-11H3/t24-,25?,26-,27-,30?,32-,33-,34?,35-,38+,40-,41-/m1/s1. The molecule has 5 rings (SSSR count). The molecule has 3 saturated heterocycles. The molecule has 0 radical (unpaired) electrons. The Morgan fingerprint density at radius 1 is 1.12 bits per heavy atom. The van der Waals surface area contributed by atoms with E-state index in [9.17, 15) is 24.3 Å². The fourth-order valence-corrected chi connectivity index (χ4v) is 9.71. The lowest BCUT2D eigenvalue weighted by atomic mass is 9.82. The quantitative estimate of drug-likeness (QED) is 0.193. The van der Waals surface area contributed by atoms with E-state index in [2.05, 4.69) is 15.3 Å². The molecule has 0 bridgehead atoms. The molecule has 2 aromatic heterocycles.